The molecule has 3 heterocycles. The van der Waals surface area contributed by atoms with Crippen molar-refractivity contribution >= 4 is 23.2 Å². The summed E-state index contributed by atoms with van der Waals surface area (Å²) >= 11 is 6.38. The van der Waals surface area contributed by atoms with Crippen LogP contribution in [-0.2, 0) is 10.2 Å². The number of carbonyl (C=O) groups is 1. The van der Waals surface area contributed by atoms with Gasteiger partial charge in [-0.25, -0.2) is 8.78 Å². The fourth-order valence-corrected chi connectivity index (χ4v) is 6.45. The quantitative estimate of drug-likeness (QED) is 0.541. The maximum atomic E-state index is 13.4. The van der Waals surface area contributed by atoms with E-state index >= 15 is 0 Å². The standard InChI is InChI=1S/C28H34ClF2N3O2/c29-24-3-1-2-23-27(24)32-18-28(23)8-12-33(13-9-28)17-25(35)20-6-10-34(11-7-20)26(36)5-4-19-14-21(30)16-22(31)15-19/h1-5,14,16,19-20,25,32,35H,6-13,15,17-18H2/b5-4+. The van der Waals surface area contributed by atoms with Crippen LogP contribution in [0.2, 0.25) is 5.02 Å². The van der Waals surface area contributed by atoms with Gasteiger partial charge in [-0.3, -0.25) is 4.79 Å². The molecule has 5 nitrogen and oxygen atoms in total. The van der Waals surface area contributed by atoms with Crippen LogP contribution in [0.3, 0.4) is 0 Å². The van der Waals surface area contributed by atoms with Gasteiger partial charge in [-0.15, -0.1) is 0 Å². The van der Waals surface area contributed by atoms with Crippen LogP contribution < -0.4 is 5.32 Å². The van der Waals surface area contributed by atoms with Gasteiger partial charge in [0.15, 0.2) is 0 Å². The molecule has 0 aromatic heterocycles. The molecule has 194 valence electrons. The number of aliphatic hydroxyl groups excluding tert-OH is 1. The Morgan fingerprint density at radius 1 is 1.22 bits per heavy atom. The Morgan fingerprint density at radius 2 is 1.97 bits per heavy atom. The number of aliphatic hydroxyl groups is 1. The number of likely N-dealkylation sites (tertiary alicyclic amines) is 2. The molecule has 0 bridgehead atoms. The Kier molecular flexibility index (Phi) is 7.52. The topological polar surface area (TPSA) is 55.8 Å². The monoisotopic (exact) mass is 517 g/mol. The van der Waals surface area contributed by atoms with Crippen molar-refractivity contribution in [2.75, 3.05) is 44.6 Å². The number of para-hydroxylation sites is 1. The molecule has 1 aromatic rings. The number of nitrogens with one attached hydrogen (secondary N) is 1. The summed E-state index contributed by atoms with van der Waals surface area (Å²) in [6.45, 7) is 4.63. The lowest BCUT2D eigenvalue weighted by Crippen LogP contribution is -2.48. The molecule has 4 aliphatic rings. The van der Waals surface area contributed by atoms with Crippen LogP contribution in [0.15, 0.2) is 54.2 Å². The first kappa shape index (κ1) is 25.4. The van der Waals surface area contributed by atoms with Gasteiger partial charge in [-0.05, 0) is 68.5 Å². The largest absolute Gasteiger partial charge is 0.392 e. The van der Waals surface area contributed by atoms with E-state index in [1.54, 1.807) is 11.0 Å². The summed E-state index contributed by atoms with van der Waals surface area (Å²) in [5, 5.41) is 15.2. The molecule has 36 heavy (non-hydrogen) atoms. The van der Waals surface area contributed by atoms with E-state index in [0.29, 0.717) is 19.6 Å². The second-order valence-corrected chi connectivity index (χ2v) is 11.1. The molecule has 5 rings (SSSR count). The SMILES string of the molecule is O=C(/C=C/C1C=C(F)C=C(F)C1)N1CCC(C(O)CN2CCC3(CC2)CNc2c(Cl)cccc23)CC1. The van der Waals surface area contributed by atoms with Gasteiger partial charge in [-0.2, -0.15) is 0 Å². The van der Waals surface area contributed by atoms with E-state index in [2.05, 4.69) is 16.3 Å². The molecule has 8 heteroatoms. The third-order valence-electron chi connectivity index (χ3n) is 8.43. The van der Waals surface area contributed by atoms with Crippen LogP contribution in [0, 0.1) is 11.8 Å². The summed E-state index contributed by atoms with van der Waals surface area (Å²) in [7, 11) is 0. The van der Waals surface area contributed by atoms with Crippen molar-refractivity contribution in [3.8, 4) is 0 Å². The van der Waals surface area contributed by atoms with Crippen molar-refractivity contribution < 1.29 is 18.7 Å². The van der Waals surface area contributed by atoms with Crippen molar-refractivity contribution in [2.45, 2.75) is 43.6 Å². The van der Waals surface area contributed by atoms with E-state index in [9.17, 15) is 18.7 Å². The van der Waals surface area contributed by atoms with E-state index in [-0.39, 0.29) is 23.7 Å². The number of halogens is 3. The summed E-state index contributed by atoms with van der Waals surface area (Å²) in [5.41, 5.74) is 2.53. The Bertz CT molecular complexity index is 1070. The molecule has 2 unspecified atom stereocenters. The average Bonchev–Trinajstić information content (AvgIpc) is 3.23. The molecular formula is C28H34ClF2N3O2. The first-order chi connectivity index (χ1) is 17.3. The number of fused-ring (bicyclic) bond motifs is 2. The minimum absolute atomic E-state index is 0.0832. The Balaban J connectivity index is 1.07. The molecule has 1 amide bonds. The Labute approximate surface area is 216 Å². The molecule has 2 fully saturated rings. The van der Waals surface area contributed by atoms with Crippen LogP contribution in [0.1, 0.15) is 37.7 Å². The summed E-state index contributed by atoms with van der Waals surface area (Å²) in [6, 6.07) is 6.15. The number of amides is 1. The fraction of sp³-hybridized carbons (Fsp3) is 0.536. The highest BCUT2D eigenvalue weighted by atomic mass is 35.5. The molecule has 0 radical (unpaired) electrons. The Hall–Kier alpha value is -2.22. The van der Waals surface area contributed by atoms with E-state index in [4.69, 9.17) is 11.6 Å². The zero-order valence-electron chi connectivity index (χ0n) is 20.4. The summed E-state index contributed by atoms with van der Waals surface area (Å²) < 4.78 is 26.8. The molecule has 2 saturated heterocycles. The number of nitrogens with zero attached hydrogens (tertiary/aromatic N) is 2. The average molecular weight is 518 g/mol. The molecule has 1 spiro atoms. The number of rotatable bonds is 5. The summed E-state index contributed by atoms with van der Waals surface area (Å²) in [4.78, 5) is 16.7. The lowest BCUT2D eigenvalue weighted by molar-refractivity contribution is -0.128. The highest BCUT2D eigenvalue weighted by Gasteiger charge is 2.42. The van der Waals surface area contributed by atoms with Crippen LogP contribution >= 0.6 is 11.6 Å². The molecule has 1 aliphatic carbocycles. The number of hydrogen-bond donors (Lipinski definition) is 2. The number of anilines is 1. The third kappa shape index (κ3) is 5.38. The normalized spacial score (nSPS) is 25.4. The number of β-amino-alcohol motifs (C(OH)–C–C–N with tert-alkyl or cyclic N) is 1. The van der Waals surface area contributed by atoms with Crippen molar-refractivity contribution in [3.05, 3.63) is 64.7 Å². The predicted octanol–water partition coefficient (Wildman–Crippen LogP) is 4.98. The van der Waals surface area contributed by atoms with Crippen LogP contribution in [0.5, 0.6) is 0 Å². The van der Waals surface area contributed by atoms with Gasteiger partial charge in [0, 0.05) is 50.0 Å². The lowest BCUT2D eigenvalue weighted by Gasteiger charge is -2.41. The molecule has 3 aliphatic heterocycles. The van der Waals surface area contributed by atoms with Gasteiger partial charge in [-0.1, -0.05) is 29.8 Å². The minimum Gasteiger partial charge on any atom is -0.392 e. The second-order valence-electron chi connectivity index (χ2n) is 10.7. The minimum atomic E-state index is -0.603. The van der Waals surface area contributed by atoms with Crippen molar-refractivity contribution in [2.24, 2.45) is 11.8 Å². The predicted molar refractivity (Wildman–Crippen MR) is 138 cm³/mol. The smallest absolute Gasteiger partial charge is 0.246 e. The zero-order valence-corrected chi connectivity index (χ0v) is 21.2. The number of piperidine rings is 2. The molecule has 2 N–H and O–H groups in total. The number of hydrogen-bond acceptors (Lipinski definition) is 4. The highest BCUT2D eigenvalue weighted by molar-refractivity contribution is 6.33. The van der Waals surface area contributed by atoms with Crippen LogP contribution in [-0.4, -0.2) is 66.2 Å². The molecule has 2 atom stereocenters. The first-order valence-corrected chi connectivity index (χ1v) is 13.3. The molecule has 1 aromatic carbocycles. The van der Waals surface area contributed by atoms with Crippen LogP contribution in [0.25, 0.3) is 0 Å². The maximum absolute atomic E-state index is 13.4. The van der Waals surface area contributed by atoms with E-state index in [1.807, 2.05) is 12.1 Å². The Morgan fingerprint density at radius 3 is 2.69 bits per heavy atom. The van der Waals surface area contributed by atoms with Gasteiger partial charge in [0.2, 0.25) is 5.91 Å². The van der Waals surface area contributed by atoms with E-state index in [0.717, 1.165) is 62.1 Å². The van der Waals surface area contributed by atoms with E-state index in [1.165, 1.54) is 17.7 Å². The van der Waals surface area contributed by atoms with Crippen molar-refractivity contribution in [1.29, 1.82) is 0 Å². The molecular weight excluding hydrogens is 484 g/mol. The second kappa shape index (κ2) is 10.6. The summed E-state index contributed by atoms with van der Waals surface area (Å²) in [5.74, 6) is -1.53. The highest BCUT2D eigenvalue weighted by Crippen LogP contribution is 2.46. The maximum Gasteiger partial charge on any atom is 0.246 e. The zero-order chi connectivity index (χ0) is 25.3. The van der Waals surface area contributed by atoms with Gasteiger partial charge < -0.3 is 20.2 Å². The van der Waals surface area contributed by atoms with Crippen LogP contribution in [0.4, 0.5) is 14.5 Å². The van der Waals surface area contributed by atoms with E-state index < -0.39 is 23.7 Å². The van der Waals surface area contributed by atoms with Gasteiger partial charge in [0.05, 0.1) is 16.8 Å². The van der Waals surface area contributed by atoms with Gasteiger partial charge in [0.25, 0.3) is 0 Å². The molecule has 0 saturated carbocycles. The summed E-state index contributed by atoms with van der Waals surface area (Å²) in [6.07, 6.45) is 8.47. The lowest BCUT2D eigenvalue weighted by atomic mass is 9.74. The van der Waals surface area contributed by atoms with Gasteiger partial charge in [0.1, 0.15) is 11.7 Å². The van der Waals surface area contributed by atoms with Crippen molar-refractivity contribution in [1.82, 2.24) is 9.80 Å². The number of allylic oxidation sites excluding steroid dienone is 5. The number of carbonyl (C=O) groups excluding carboxylic acids is 1. The van der Waals surface area contributed by atoms with Gasteiger partial charge >= 0.3 is 0 Å². The first-order valence-electron chi connectivity index (χ1n) is 13.0. The number of benzene rings is 1. The third-order valence-corrected chi connectivity index (χ3v) is 8.74. The van der Waals surface area contributed by atoms with Crippen molar-refractivity contribution in [3.63, 3.8) is 0 Å². The fourth-order valence-electron chi connectivity index (χ4n) is 6.21.